The molecule has 0 fully saturated rings. The maximum Gasteiger partial charge on any atom is 0.399 e. The molecule has 0 amide bonds. The van der Waals surface area contributed by atoms with Crippen molar-refractivity contribution in [3.05, 3.63) is 58.1 Å². The Morgan fingerprint density at radius 2 is 1.76 bits per heavy atom. The molecule has 0 radical (unpaired) electrons. The van der Waals surface area contributed by atoms with Crippen molar-refractivity contribution in [2.45, 2.75) is 20.8 Å². The van der Waals surface area contributed by atoms with Crippen molar-refractivity contribution in [2.75, 3.05) is 7.05 Å². The van der Waals surface area contributed by atoms with E-state index in [9.17, 15) is 0 Å². The third-order valence-electron chi connectivity index (χ3n) is 4.61. The quantitative estimate of drug-likeness (QED) is 0.541. The summed E-state index contributed by atoms with van der Waals surface area (Å²) in [6.07, 6.45) is 4.48. The second-order valence-corrected chi connectivity index (χ2v) is 6.14. The van der Waals surface area contributed by atoms with E-state index in [0.717, 1.165) is 0 Å². The number of aryl methyl sites for hydroxylation is 3. The molecule has 0 unspecified atom stereocenters. The molecule has 21 heavy (non-hydrogen) atoms. The Kier molecular flexibility index (Phi) is 3.36. The monoisotopic (exact) mass is 277 g/mol. The molecule has 106 valence electrons. The van der Waals surface area contributed by atoms with Gasteiger partial charge in [-0.15, -0.1) is 0 Å². The summed E-state index contributed by atoms with van der Waals surface area (Å²) < 4.78 is 2.26. The van der Waals surface area contributed by atoms with Gasteiger partial charge in [-0.05, 0) is 50.0 Å². The van der Waals surface area contributed by atoms with Crippen molar-refractivity contribution in [3.63, 3.8) is 0 Å². The Hall–Kier alpha value is -2.03. The van der Waals surface area contributed by atoms with Crippen LogP contribution in [0.5, 0.6) is 0 Å². The molecule has 0 saturated carbocycles. The highest BCUT2D eigenvalue weighted by Gasteiger charge is 2.33. The molecule has 1 aliphatic rings. The van der Waals surface area contributed by atoms with Crippen molar-refractivity contribution in [3.8, 4) is 0 Å². The fourth-order valence-electron chi connectivity index (χ4n) is 3.32. The van der Waals surface area contributed by atoms with Gasteiger partial charge < -0.3 is 4.81 Å². The molecule has 0 N–H and O–H groups in total. The molecular weight excluding hydrogens is 255 g/mol. The van der Waals surface area contributed by atoms with Crippen LogP contribution in [0.15, 0.2) is 36.5 Å². The minimum Gasteiger partial charge on any atom is -0.410 e. The molecule has 0 saturated heterocycles. The van der Waals surface area contributed by atoms with Gasteiger partial charge in [0.2, 0.25) is 0 Å². The van der Waals surface area contributed by atoms with Crippen molar-refractivity contribution in [1.29, 1.82) is 0 Å². The molecule has 1 aliphatic heterocycles. The predicted octanol–water partition coefficient (Wildman–Crippen LogP) is 0.420. The fraction of sp³-hybridized carbons (Fsp3) is 0.278. The minimum atomic E-state index is 0.296. The number of hydrogen-bond donors (Lipinski definition) is 0. The standard InChI is InChI=1S/C18H22BN2/c1-13-10-18(20(4)11-14(13)2)19-15(3)17-9-7-6-8-16(17)12-21(19)5/h6-12H,1-5H3/q+1. The topological polar surface area (TPSA) is 7.12 Å². The summed E-state index contributed by atoms with van der Waals surface area (Å²) in [5, 5.41) is 2.67. The Balaban J connectivity index is 2.25. The second-order valence-electron chi connectivity index (χ2n) is 6.14. The van der Waals surface area contributed by atoms with Crippen molar-refractivity contribution >= 4 is 24.1 Å². The molecule has 2 nitrogen and oxygen atoms in total. The largest absolute Gasteiger partial charge is 0.410 e. The van der Waals surface area contributed by atoms with Crippen LogP contribution in [-0.4, -0.2) is 18.7 Å². The van der Waals surface area contributed by atoms with Crippen molar-refractivity contribution in [2.24, 2.45) is 7.05 Å². The van der Waals surface area contributed by atoms with Gasteiger partial charge in [0.05, 0.1) is 0 Å². The molecule has 3 heteroatoms. The third kappa shape index (κ3) is 2.27. The number of nitrogens with zero attached hydrogens (tertiary/aromatic N) is 2. The zero-order valence-corrected chi connectivity index (χ0v) is 13.5. The summed E-state index contributed by atoms with van der Waals surface area (Å²) >= 11 is 0. The van der Waals surface area contributed by atoms with Crippen LogP contribution >= 0.6 is 0 Å². The zero-order valence-electron chi connectivity index (χ0n) is 13.5. The maximum atomic E-state index is 2.32. The molecule has 1 aromatic heterocycles. The number of aromatic nitrogens is 1. The van der Waals surface area contributed by atoms with Crippen LogP contribution in [0.4, 0.5) is 0 Å². The van der Waals surface area contributed by atoms with E-state index in [1.807, 2.05) is 0 Å². The van der Waals surface area contributed by atoms with E-state index < -0.39 is 0 Å². The molecule has 3 rings (SSSR count). The van der Waals surface area contributed by atoms with Crippen molar-refractivity contribution in [1.82, 2.24) is 4.81 Å². The number of pyridine rings is 1. The zero-order chi connectivity index (χ0) is 15.1. The molecule has 0 spiro atoms. The van der Waals surface area contributed by atoms with Crippen LogP contribution in [0.3, 0.4) is 0 Å². The van der Waals surface area contributed by atoms with Gasteiger partial charge in [-0.3, -0.25) is 0 Å². The molecule has 2 heterocycles. The number of benzene rings is 1. The van der Waals surface area contributed by atoms with Gasteiger partial charge in [0.25, 0.3) is 0 Å². The van der Waals surface area contributed by atoms with Gasteiger partial charge in [-0.2, -0.15) is 0 Å². The Morgan fingerprint density at radius 1 is 1.05 bits per heavy atom. The van der Waals surface area contributed by atoms with E-state index in [1.165, 1.54) is 32.6 Å². The summed E-state index contributed by atoms with van der Waals surface area (Å²) in [6.45, 7) is 6.91. The first-order valence-electron chi connectivity index (χ1n) is 7.45. The van der Waals surface area contributed by atoms with Crippen LogP contribution in [0.1, 0.15) is 18.1 Å². The van der Waals surface area contributed by atoms with E-state index in [4.69, 9.17) is 0 Å². The normalized spacial score (nSPS) is 14.0. The average molecular weight is 277 g/mol. The molecule has 0 bridgehead atoms. The summed E-state index contributed by atoms with van der Waals surface area (Å²) in [6, 6.07) is 11.0. The van der Waals surface area contributed by atoms with Gasteiger partial charge in [0.15, 0.2) is 11.8 Å². The number of hydrogen-bond acceptors (Lipinski definition) is 1. The first-order chi connectivity index (χ1) is 9.99. The Bertz CT molecular complexity index is 824. The summed E-state index contributed by atoms with van der Waals surface area (Å²) in [5.41, 5.74) is 5.43. The maximum absolute atomic E-state index is 2.32. The first-order valence-corrected chi connectivity index (χ1v) is 7.45. The highest BCUT2D eigenvalue weighted by Crippen LogP contribution is 2.08. The highest BCUT2D eigenvalue weighted by atomic mass is 15.0. The molecule has 0 aliphatic carbocycles. The lowest BCUT2D eigenvalue weighted by Gasteiger charge is -2.26. The SMILES string of the molecule is CC1=c2ccccc2=CN(C)B1c1cc(C)c(C)c[n+]1C. The smallest absolute Gasteiger partial charge is 0.399 e. The summed E-state index contributed by atoms with van der Waals surface area (Å²) in [4.78, 5) is 2.32. The Labute approximate surface area is 127 Å². The van der Waals surface area contributed by atoms with Gasteiger partial charge in [-0.1, -0.05) is 29.7 Å². The molecule has 2 aromatic rings. The first kappa shape index (κ1) is 13.9. The fourth-order valence-corrected chi connectivity index (χ4v) is 3.32. The number of fused-ring (bicyclic) bond motifs is 1. The Morgan fingerprint density at radius 3 is 2.52 bits per heavy atom. The predicted molar refractivity (Wildman–Crippen MR) is 89.5 cm³/mol. The third-order valence-corrected chi connectivity index (χ3v) is 4.61. The van der Waals surface area contributed by atoms with E-state index in [-0.39, 0.29) is 0 Å². The molecular formula is C18H22BN2+. The molecule has 0 atom stereocenters. The van der Waals surface area contributed by atoms with Crippen LogP contribution in [0.25, 0.3) is 11.7 Å². The summed E-state index contributed by atoms with van der Waals surface area (Å²) in [7, 11) is 4.31. The van der Waals surface area contributed by atoms with Crippen LogP contribution < -0.4 is 20.6 Å². The van der Waals surface area contributed by atoms with Gasteiger partial charge in [0, 0.05) is 11.6 Å². The van der Waals surface area contributed by atoms with Gasteiger partial charge in [0.1, 0.15) is 7.05 Å². The lowest BCUT2D eigenvalue weighted by Crippen LogP contribution is -2.62. The lowest BCUT2D eigenvalue weighted by atomic mass is 9.49. The molecule has 1 aromatic carbocycles. The van der Waals surface area contributed by atoms with Gasteiger partial charge >= 0.3 is 6.85 Å². The number of rotatable bonds is 1. The second kappa shape index (κ2) is 5.07. The summed E-state index contributed by atoms with van der Waals surface area (Å²) in [5.74, 6) is 0. The van der Waals surface area contributed by atoms with E-state index in [0.29, 0.717) is 6.85 Å². The highest BCUT2D eigenvalue weighted by molar-refractivity contribution is 6.85. The van der Waals surface area contributed by atoms with E-state index >= 15 is 0 Å². The van der Waals surface area contributed by atoms with Crippen LogP contribution in [0.2, 0.25) is 0 Å². The van der Waals surface area contributed by atoms with Crippen molar-refractivity contribution < 1.29 is 4.57 Å². The van der Waals surface area contributed by atoms with Crippen LogP contribution in [-0.2, 0) is 7.05 Å². The minimum absolute atomic E-state index is 0.296. The average Bonchev–Trinajstić information content (AvgIpc) is 2.44. The van der Waals surface area contributed by atoms with Crippen LogP contribution in [0, 0.1) is 13.8 Å². The lowest BCUT2D eigenvalue weighted by molar-refractivity contribution is -0.654. The van der Waals surface area contributed by atoms with Gasteiger partial charge in [-0.25, -0.2) is 4.57 Å². The van der Waals surface area contributed by atoms with E-state index in [1.54, 1.807) is 0 Å². The van der Waals surface area contributed by atoms with E-state index in [2.05, 4.69) is 87.0 Å².